The minimum atomic E-state index is -0.444. The Bertz CT molecular complexity index is 553. The van der Waals surface area contributed by atoms with E-state index in [0.717, 1.165) is 30.8 Å². The predicted octanol–water partition coefficient (Wildman–Crippen LogP) is 2.07. The molecular weight excluding hydrogens is 246 g/mol. The third kappa shape index (κ3) is 3.51. The minimum absolute atomic E-state index is 0.0126. The molecule has 0 spiro atoms. The van der Waals surface area contributed by atoms with Gasteiger partial charge < -0.3 is 10.3 Å². The summed E-state index contributed by atoms with van der Waals surface area (Å²) in [5.74, 6) is 1.64. The summed E-state index contributed by atoms with van der Waals surface area (Å²) in [5.41, 5.74) is 0.783. The fraction of sp³-hybridized carbons (Fsp3) is 0.333. The van der Waals surface area contributed by atoms with E-state index in [0.29, 0.717) is 5.82 Å². The van der Waals surface area contributed by atoms with Gasteiger partial charge in [-0.05, 0) is 18.9 Å². The molecule has 0 atom stereocenters. The van der Waals surface area contributed by atoms with Crippen LogP contribution in [-0.2, 0) is 6.42 Å². The minimum Gasteiger partial charge on any atom is -0.370 e. The van der Waals surface area contributed by atoms with E-state index in [-0.39, 0.29) is 5.69 Å². The van der Waals surface area contributed by atoms with Gasteiger partial charge in [-0.1, -0.05) is 0 Å². The summed E-state index contributed by atoms with van der Waals surface area (Å²) in [7, 11) is 0. The summed E-state index contributed by atoms with van der Waals surface area (Å²) in [4.78, 5) is 21.4. The molecule has 19 heavy (non-hydrogen) atoms. The van der Waals surface area contributed by atoms with Crippen molar-refractivity contribution < 1.29 is 4.92 Å². The highest BCUT2D eigenvalue weighted by molar-refractivity contribution is 5.48. The summed E-state index contributed by atoms with van der Waals surface area (Å²) in [6.07, 6.45) is 6.55. The van der Waals surface area contributed by atoms with Gasteiger partial charge in [0.2, 0.25) is 0 Å². The molecule has 0 bridgehead atoms. The van der Waals surface area contributed by atoms with E-state index in [1.54, 1.807) is 19.3 Å². The van der Waals surface area contributed by atoms with Crippen LogP contribution in [0.25, 0.3) is 0 Å². The molecule has 0 fully saturated rings. The maximum absolute atomic E-state index is 10.6. The monoisotopic (exact) mass is 261 g/mol. The van der Waals surface area contributed by atoms with Crippen molar-refractivity contribution in [2.24, 2.45) is 0 Å². The fourth-order valence-electron chi connectivity index (χ4n) is 1.74. The number of aryl methyl sites for hydroxylation is 2. The molecule has 0 aliphatic heterocycles. The molecule has 100 valence electrons. The van der Waals surface area contributed by atoms with Crippen LogP contribution < -0.4 is 5.32 Å². The van der Waals surface area contributed by atoms with Crippen molar-refractivity contribution in [1.29, 1.82) is 0 Å². The molecule has 0 radical (unpaired) electrons. The average molecular weight is 261 g/mol. The first-order valence-electron chi connectivity index (χ1n) is 6.00. The molecule has 0 aliphatic carbocycles. The molecule has 0 aromatic carbocycles. The van der Waals surface area contributed by atoms with Crippen LogP contribution >= 0.6 is 0 Å². The number of pyridine rings is 1. The van der Waals surface area contributed by atoms with Gasteiger partial charge in [0.15, 0.2) is 0 Å². The quantitative estimate of drug-likeness (QED) is 0.471. The lowest BCUT2D eigenvalue weighted by Crippen LogP contribution is -2.07. The van der Waals surface area contributed by atoms with E-state index in [1.165, 1.54) is 12.3 Å². The van der Waals surface area contributed by atoms with Crippen molar-refractivity contribution in [2.45, 2.75) is 19.8 Å². The number of hydrogen-bond donors (Lipinski definition) is 2. The van der Waals surface area contributed by atoms with Crippen molar-refractivity contribution >= 4 is 11.5 Å². The first-order chi connectivity index (χ1) is 9.16. The number of aromatic amines is 1. The molecule has 7 nitrogen and oxygen atoms in total. The van der Waals surface area contributed by atoms with Crippen molar-refractivity contribution in [3.63, 3.8) is 0 Å². The van der Waals surface area contributed by atoms with Crippen molar-refractivity contribution in [2.75, 3.05) is 11.9 Å². The van der Waals surface area contributed by atoms with Gasteiger partial charge >= 0.3 is 0 Å². The highest BCUT2D eigenvalue weighted by atomic mass is 16.6. The maximum Gasteiger partial charge on any atom is 0.287 e. The average Bonchev–Trinajstić information content (AvgIpc) is 2.89. The second kappa shape index (κ2) is 5.94. The summed E-state index contributed by atoms with van der Waals surface area (Å²) >= 11 is 0. The number of hydrogen-bond acceptors (Lipinski definition) is 5. The van der Waals surface area contributed by atoms with E-state index in [9.17, 15) is 10.1 Å². The van der Waals surface area contributed by atoms with Crippen molar-refractivity contribution in [1.82, 2.24) is 15.0 Å². The third-order valence-electron chi connectivity index (χ3n) is 2.71. The van der Waals surface area contributed by atoms with Crippen LogP contribution in [-0.4, -0.2) is 26.4 Å². The Morgan fingerprint density at radius 1 is 1.47 bits per heavy atom. The summed E-state index contributed by atoms with van der Waals surface area (Å²) < 4.78 is 0. The number of nitrogens with one attached hydrogen (secondary N) is 2. The van der Waals surface area contributed by atoms with E-state index in [1.807, 2.05) is 0 Å². The smallest absolute Gasteiger partial charge is 0.287 e. The first-order valence-corrected chi connectivity index (χ1v) is 6.00. The van der Waals surface area contributed by atoms with Gasteiger partial charge in [-0.2, -0.15) is 0 Å². The maximum atomic E-state index is 10.6. The van der Waals surface area contributed by atoms with Gasteiger partial charge in [-0.25, -0.2) is 9.97 Å². The normalized spacial score (nSPS) is 10.4. The molecule has 0 unspecified atom stereocenters. The molecule has 2 rings (SSSR count). The molecule has 2 N–H and O–H groups in total. The van der Waals surface area contributed by atoms with Crippen LogP contribution in [0.4, 0.5) is 11.5 Å². The standard InChI is InChI=1S/C12H15N5O2/c1-9-7-10(17(18)19)8-16-12(9)15-4-2-3-11-13-5-6-14-11/h5-8H,2-4H2,1H3,(H,13,14)(H,15,16). The predicted molar refractivity (Wildman–Crippen MR) is 71.0 cm³/mol. The SMILES string of the molecule is Cc1cc([N+](=O)[O-])cnc1NCCCc1ncc[nH]1. The molecule has 2 aromatic heterocycles. The molecule has 2 aromatic rings. The summed E-state index contributed by atoms with van der Waals surface area (Å²) in [6, 6.07) is 1.52. The van der Waals surface area contributed by atoms with Gasteiger partial charge in [-0.3, -0.25) is 10.1 Å². The first kappa shape index (κ1) is 13.0. The topological polar surface area (TPSA) is 96.7 Å². The van der Waals surface area contributed by atoms with Gasteiger partial charge in [-0.15, -0.1) is 0 Å². The van der Waals surface area contributed by atoms with Gasteiger partial charge in [0.05, 0.1) is 4.92 Å². The van der Waals surface area contributed by atoms with Crippen LogP contribution in [0.3, 0.4) is 0 Å². The Balaban J connectivity index is 1.84. The molecule has 0 saturated carbocycles. The number of imidazole rings is 1. The molecular formula is C12H15N5O2. The van der Waals surface area contributed by atoms with Crippen molar-refractivity contribution in [3.05, 3.63) is 46.2 Å². The lowest BCUT2D eigenvalue weighted by molar-refractivity contribution is -0.385. The molecule has 7 heteroatoms. The van der Waals surface area contributed by atoms with Crippen molar-refractivity contribution in [3.8, 4) is 0 Å². The van der Waals surface area contributed by atoms with E-state index < -0.39 is 4.92 Å². The highest BCUT2D eigenvalue weighted by Gasteiger charge is 2.08. The number of H-pyrrole nitrogens is 1. The zero-order valence-electron chi connectivity index (χ0n) is 10.6. The van der Waals surface area contributed by atoms with Crippen LogP contribution in [0.15, 0.2) is 24.7 Å². The second-order valence-electron chi connectivity index (χ2n) is 4.18. The Kier molecular flexibility index (Phi) is 4.07. The van der Waals surface area contributed by atoms with E-state index in [2.05, 4.69) is 20.3 Å². The zero-order valence-corrected chi connectivity index (χ0v) is 10.6. The number of nitro groups is 1. The van der Waals surface area contributed by atoms with E-state index in [4.69, 9.17) is 0 Å². The Hall–Kier alpha value is -2.44. The highest BCUT2D eigenvalue weighted by Crippen LogP contribution is 2.17. The van der Waals surface area contributed by atoms with Crippen LogP contribution in [0, 0.1) is 17.0 Å². The fourth-order valence-corrected chi connectivity index (χ4v) is 1.74. The third-order valence-corrected chi connectivity index (χ3v) is 2.71. The number of nitrogens with zero attached hydrogens (tertiary/aromatic N) is 3. The number of anilines is 1. The number of rotatable bonds is 6. The van der Waals surface area contributed by atoms with E-state index >= 15 is 0 Å². The van der Waals surface area contributed by atoms with Crippen LogP contribution in [0.1, 0.15) is 17.8 Å². The summed E-state index contributed by atoms with van der Waals surface area (Å²) in [6.45, 7) is 2.54. The molecule has 0 aliphatic rings. The number of aromatic nitrogens is 3. The lowest BCUT2D eigenvalue weighted by atomic mass is 10.2. The lowest BCUT2D eigenvalue weighted by Gasteiger charge is -2.07. The second-order valence-corrected chi connectivity index (χ2v) is 4.18. The van der Waals surface area contributed by atoms with Gasteiger partial charge in [0, 0.05) is 31.4 Å². The summed E-state index contributed by atoms with van der Waals surface area (Å²) in [5, 5.41) is 13.8. The Morgan fingerprint density at radius 2 is 2.32 bits per heavy atom. The van der Waals surface area contributed by atoms with Crippen LogP contribution in [0.5, 0.6) is 0 Å². The molecule has 0 amide bonds. The van der Waals surface area contributed by atoms with Crippen LogP contribution in [0.2, 0.25) is 0 Å². The van der Waals surface area contributed by atoms with Gasteiger partial charge in [0.1, 0.15) is 17.8 Å². The molecule has 0 saturated heterocycles. The zero-order chi connectivity index (χ0) is 13.7. The Morgan fingerprint density at radius 3 is 2.95 bits per heavy atom. The van der Waals surface area contributed by atoms with Gasteiger partial charge in [0.25, 0.3) is 5.69 Å². The molecule has 2 heterocycles. The largest absolute Gasteiger partial charge is 0.370 e. The Labute approximate surface area is 110 Å².